The number of nitrogens with one attached hydrogen (secondary N) is 2. The van der Waals surface area contributed by atoms with Crippen LogP contribution in [0.2, 0.25) is 0 Å². The lowest BCUT2D eigenvalue weighted by molar-refractivity contribution is 0.395. The minimum Gasteiger partial charge on any atom is -0.314 e. The van der Waals surface area contributed by atoms with Crippen molar-refractivity contribution in [1.82, 2.24) is 10.6 Å². The van der Waals surface area contributed by atoms with E-state index in [9.17, 15) is 0 Å². The van der Waals surface area contributed by atoms with Gasteiger partial charge in [0.1, 0.15) is 0 Å². The van der Waals surface area contributed by atoms with Crippen molar-refractivity contribution in [1.29, 1.82) is 0 Å². The lowest BCUT2D eigenvalue weighted by Gasteiger charge is -2.27. The van der Waals surface area contributed by atoms with Gasteiger partial charge in [0, 0.05) is 23.4 Å². The number of thioether (sulfide) groups is 1. The fourth-order valence-electron chi connectivity index (χ4n) is 2.30. The summed E-state index contributed by atoms with van der Waals surface area (Å²) in [6.07, 6.45) is 8.99. The van der Waals surface area contributed by atoms with Crippen LogP contribution >= 0.6 is 11.8 Å². The maximum absolute atomic E-state index is 3.68. The summed E-state index contributed by atoms with van der Waals surface area (Å²) in [5.41, 5.74) is 0. The Morgan fingerprint density at radius 3 is 2.82 bits per heavy atom. The van der Waals surface area contributed by atoms with Crippen molar-refractivity contribution < 1.29 is 0 Å². The third-order valence-electron chi connectivity index (χ3n) is 3.73. The molecular weight excluding hydrogens is 228 g/mol. The maximum atomic E-state index is 3.68. The van der Waals surface area contributed by atoms with Crippen LogP contribution in [0, 0.1) is 0 Å². The maximum Gasteiger partial charge on any atom is 0.0225 e. The molecule has 0 aliphatic carbocycles. The zero-order valence-electron chi connectivity index (χ0n) is 12.0. The SMILES string of the molecule is CSC(C)(C)CNC(C)CC1CCCCCN1. The molecule has 0 saturated carbocycles. The van der Waals surface area contributed by atoms with Crippen molar-refractivity contribution in [2.24, 2.45) is 0 Å². The molecule has 0 aromatic rings. The summed E-state index contributed by atoms with van der Waals surface area (Å²) >= 11 is 1.94. The molecule has 1 rings (SSSR count). The molecule has 17 heavy (non-hydrogen) atoms. The van der Waals surface area contributed by atoms with Crippen molar-refractivity contribution in [3.05, 3.63) is 0 Å². The lowest BCUT2D eigenvalue weighted by Crippen LogP contribution is -2.41. The molecule has 102 valence electrons. The fraction of sp³-hybridized carbons (Fsp3) is 1.00. The molecule has 0 radical (unpaired) electrons. The quantitative estimate of drug-likeness (QED) is 0.766. The molecular formula is C14H30N2S. The van der Waals surface area contributed by atoms with Crippen molar-refractivity contribution in [2.45, 2.75) is 69.7 Å². The van der Waals surface area contributed by atoms with E-state index in [2.05, 4.69) is 37.7 Å². The first-order chi connectivity index (χ1) is 8.03. The van der Waals surface area contributed by atoms with Gasteiger partial charge in [0.25, 0.3) is 0 Å². The highest BCUT2D eigenvalue weighted by molar-refractivity contribution is 7.99. The summed E-state index contributed by atoms with van der Waals surface area (Å²) < 4.78 is 0.352. The molecule has 0 aromatic carbocycles. The van der Waals surface area contributed by atoms with Crippen LogP contribution < -0.4 is 10.6 Å². The Kier molecular flexibility index (Phi) is 6.90. The second-order valence-corrected chi connectivity index (χ2v) is 7.50. The van der Waals surface area contributed by atoms with Crippen molar-refractivity contribution in [3.63, 3.8) is 0 Å². The Labute approximate surface area is 112 Å². The first kappa shape index (κ1) is 15.3. The highest BCUT2D eigenvalue weighted by atomic mass is 32.2. The predicted octanol–water partition coefficient (Wildman–Crippen LogP) is 3.03. The second-order valence-electron chi connectivity index (χ2n) is 5.98. The molecule has 1 heterocycles. The van der Waals surface area contributed by atoms with Crippen LogP contribution in [0.25, 0.3) is 0 Å². The highest BCUT2D eigenvalue weighted by Crippen LogP contribution is 2.20. The summed E-state index contributed by atoms with van der Waals surface area (Å²) in [5.74, 6) is 0. The zero-order chi connectivity index (χ0) is 12.7. The van der Waals surface area contributed by atoms with Gasteiger partial charge in [-0.2, -0.15) is 11.8 Å². The van der Waals surface area contributed by atoms with Gasteiger partial charge in [-0.1, -0.05) is 12.8 Å². The van der Waals surface area contributed by atoms with E-state index in [4.69, 9.17) is 0 Å². The molecule has 3 heteroatoms. The number of rotatable bonds is 6. The minimum absolute atomic E-state index is 0.352. The predicted molar refractivity (Wildman–Crippen MR) is 79.9 cm³/mol. The molecule has 2 unspecified atom stereocenters. The van der Waals surface area contributed by atoms with Gasteiger partial charge in [0.2, 0.25) is 0 Å². The Bertz CT molecular complexity index is 198. The van der Waals surface area contributed by atoms with E-state index in [1.807, 2.05) is 11.8 Å². The smallest absolute Gasteiger partial charge is 0.0225 e. The Balaban J connectivity index is 2.21. The van der Waals surface area contributed by atoms with Crippen LogP contribution in [-0.2, 0) is 0 Å². The van der Waals surface area contributed by atoms with Crippen molar-refractivity contribution >= 4 is 11.8 Å². The molecule has 2 nitrogen and oxygen atoms in total. The first-order valence-corrected chi connectivity index (χ1v) is 8.28. The number of hydrogen-bond donors (Lipinski definition) is 2. The number of hydrogen-bond acceptors (Lipinski definition) is 3. The van der Waals surface area contributed by atoms with Crippen LogP contribution in [0.4, 0.5) is 0 Å². The molecule has 2 atom stereocenters. The van der Waals surface area contributed by atoms with Gasteiger partial charge in [-0.05, 0) is 52.8 Å². The van der Waals surface area contributed by atoms with Gasteiger partial charge in [-0.15, -0.1) is 0 Å². The molecule has 1 saturated heterocycles. The van der Waals surface area contributed by atoms with Gasteiger partial charge in [0.05, 0.1) is 0 Å². The summed E-state index contributed by atoms with van der Waals surface area (Å²) in [5, 5.41) is 7.36. The molecule has 1 aliphatic rings. The van der Waals surface area contributed by atoms with Crippen molar-refractivity contribution in [2.75, 3.05) is 19.3 Å². The zero-order valence-corrected chi connectivity index (χ0v) is 12.8. The van der Waals surface area contributed by atoms with Crippen LogP contribution in [-0.4, -0.2) is 36.2 Å². The molecule has 1 fully saturated rings. The monoisotopic (exact) mass is 258 g/mol. The Morgan fingerprint density at radius 2 is 2.12 bits per heavy atom. The minimum atomic E-state index is 0.352. The largest absolute Gasteiger partial charge is 0.314 e. The van der Waals surface area contributed by atoms with E-state index >= 15 is 0 Å². The molecule has 0 aromatic heterocycles. The average molecular weight is 258 g/mol. The summed E-state index contributed by atoms with van der Waals surface area (Å²) in [6.45, 7) is 9.25. The standard InChI is InChI=1S/C14H30N2S/c1-12(16-11-14(2,3)17-4)10-13-8-6-5-7-9-15-13/h12-13,15-16H,5-11H2,1-4H3. The second kappa shape index (κ2) is 7.65. The van der Waals surface area contributed by atoms with Gasteiger partial charge >= 0.3 is 0 Å². The van der Waals surface area contributed by atoms with E-state index in [-0.39, 0.29) is 0 Å². The average Bonchev–Trinajstić information content (AvgIpc) is 2.55. The van der Waals surface area contributed by atoms with Gasteiger partial charge in [-0.3, -0.25) is 0 Å². The first-order valence-electron chi connectivity index (χ1n) is 7.05. The molecule has 0 spiro atoms. The van der Waals surface area contributed by atoms with E-state index in [0.29, 0.717) is 10.8 Å². The van der Waals surface area contributed by atoms with E-state index in [1.165, 1.54) is 38.6 Å². The van der Waals surface area contributed by atoms with Crippen LogP contribution in [0.5, 0.6) is 0 Å². The van der Waals surface area contributed by atoms with E-state index < -0.39 is 0 Å². The molecule has 0 amide bonds. The van der Waals surface area contributed by atoms with Gasteiger partial charge in [-0.25, -0.2) is 0 Å². The van der Waals surface area contributed by atoms with Crippen LogP contribution in [0.1, 0.15) is 52.9 Å². The van der Waals surface area contributed by atoms with Crippen LogP contribution in [0.3, 0.4) is 0 Å². The van der Waals surface area contributed by atoms with Gasteiger partial charge in [0.15, 0.2) is 0 Å². The lowest BCUT2D eigenvalue weighted by atomic mass is 10.0. The molecule has 0 bridgehead atoms. The van der Waals surface area contributed by atoms with E-state index in [0.717, 1.165) is 12.6 Å². The Hall–Kier alpha value is 0.270. The third kappa shape index (κ3) is 6.68. The molecule has 1 aliphatic heterocycles. The highest BCUT2D eigenvalue weighted by Gasteiger charge is 2.19. The summed E-state index contributed by atoms with van der Waals surface area (Å²) in [4.78, 5) is 0. The molecule has 2 N–H and O–H groups in total. The van der Waals surface area contributed by atoms with Crippen LogP contribution in [0.15, 0.2) is 0 Å². The van der Waals surface area contributed by atoms with Gasteiger partial charge < -0.3 is 10.6 Å². The topological polar surface area (TPSA) is 24.1 Å². The summed E-state index contributed by atoms with van der Waals surface area (Å²) in [7, 11) is 0. The van der Waals surface area contributed by atoms with E-state index in [1.54, 1.807) is 0 Å². The fourth-order valence-corrected chi connectivity index (χ4v) is 2.53. The van der Waals surface area contributed by atoms with Crippen molar-refractivity contribution in [3.8, 4) is 0 Å². The normalized spacial score (nSPS) is 24.4. The summed E-state index contributed by atoms with van der Waals surface area (Å²) in [6, 6.07) is 1.36. The third-order valence-corrected chi connectivity index (χ3v) is 4.98. The Morgan fingerprint density at radius 1 is 1.35 bits per heavy atom.